The zero-order valence-corrected chi connectivity index (χ0v) is 16.6. The molecule has 3 aromatic carbocycles. The molecule has 4 aromatic rings. The third-order valence-corrected chi connectivity index (χ3v) is 5.62. The second-order valence-corrected chi connectivity index (χ2v) is 8.35. The van der Waals surface area contributed by atoms with Crippen LogP contribution in [0, 0.1) is 6.92 Å². The van der Waals surface area contributed by atoms with E-state index in [-0.39, 0.29) is 4.90 Å². The zero-order chi connectivity index (χ0) is 20.4. The third-order valence-electron chi connectivity index (χ3n) is 4.61. The van der Waals surface area contributed by atoms with Crippen molar-refractivity contribution in [2.24, 2.45) is 5.14 Å². The molecule has 0 fully saturated rings. The molecule has 7 heteroatoms. The molecule has 146 valence electrons. The lowest BCUT2D eigenvalue weighted by Gasteiger charge is -2.08. The van der Waals surface area contributed by atoms with Crippen molar-refractivity contribution in [3.8, 4) is 22.8 Å². The van der Waals surface area contributed by atoms with Crippen LogP contribution < -0.4 is 5.14 Å². The topological polar surface area (TPSA) is 99.1 Å². The van der Waals surface area contributed by atoms with Crippen molar-refractivity contribution in [1.82, 2.24) is 10.1 Å². The lowest BCUT2D eigenvalue weighted by atomic mass is 10.0. The zero-order valence-electron chi connectivity index (χ0n) is 15.7. The van der Waals surface area contributed by atoms with Gasteiger partial charge in [-0.3, -0.25) is 0 Å². The van der Waals surface area contributed by atoms with E-state index in [1.807, 2.05) is 55.5 Å². The highest BCUT2D eigenvalue weighted by Gasteiger charge is 2.14. The first-order valence-corrected chi connectivity index (χ1v) is 10.6. The largest absolute Gasteiger partial charge is 0.334 e. The van der Waals surface area contributed by atoms with Crippen LogP contribution in [-0.4, -0.2) is 18.6 Å². The second-order valence-electron chi connectivity index (χ2n) is 6.82. The van der Waals surface area contributed by atoms with E-state index in [4.69, 9.17) is 9.66 Å². The Bertz CT molecular complexity index is 1250. The Labute approximate surface area is 169 Å². The molecule has 0 aliphatic carbocycles. The predicted octanol–water partition coefficient (Wildman–Crippen LogP) is 3.95. The molecule has 0 spiro atoms. The van der Waals surface area contributed by atoms with Crippen LogP contribution in [0.5, 0.6) is 0 Å². The fourth-order valence-corrected chi connectivity index (χ4v) is 3.85. The van der Waals surface area contributed by atoms with Gasteiger partial charge in [-0.15, -0.1) is 0 Å². The molecule has 1 heterocycles. The third kappa shape index (κ3) is 4.26. The number of benzene rings is 3. The molecule has 29 heavy (non-hydrogen) atoms. The van der Waals surface area contributed by atoms with Crippen molar-refractivity contribution < 1.29 is 12.9 Å². The van der Waals surface area contributed by atoms with E-state index in [0.717, 1.165) is 22.3 Å². The molecule has 0 unspecified atom stereocenters. The lowest BCUT2D eigenvalue weighted by molar-refractivity contribution is 0.432. The number of hydrogen-bond acceptors (Lipinski definition) is 5. The standard InChI is InChI=1S/C22H19N3O3S/c1-15-6-10-17(11-7-15)21-24-22(28-25-21)18-12-8-16(9-13-18)14-19-4-2-3-5-20(19)29(23,26)27/h2-13H,14H2,1H3,(H2,23,26,27). The van der Waals surface area contributed by atoms with E-state index in [1.54, 1.807) is 18.2 Å². The SMILES string of the molecule is Cc1ccc(-c2noc(-c3ccc(Cc4ccccc4S(N)(=O)=O)cc3)n2)cc1. The first-order chi connectivity index (χ1) is 13.9. The number of hydrogen-bond donors (Lipinski definition) is 1. The van der Waals surface area contributed by atoms with Gasteiger partial charge in [0.15, 0.2) is 0 Å². The van der Waals surface area contributed by atoms with E-state index < -0.39 is 10.0 Å². The van der Waals surface area contributed by atoms with Crippen molar-refractivity contribution in [2.45, 2.75) is 18.2 Å². The van der Waals surface area contributed by atoms with E-state index in [0.29, 0.717) is 23.7 Å². The number of nitrogens with zero attached hydrogens (tertiary/aromatic N) is 2. The van der Waals surface area contributed by atoms with Gasteiger partial charge in [-0.1, -0.05) is 65.3 Å². The lowest BCUT2D eigenvalue weighted by Crippen LogP contribution is -2.14. The Morgan fingerprint density at radius 3 is 2.24 bits per heavy atom. The van der Waals surface area contributed by atoms with Gasteiger partial charge in [0.2, 0.25) is 15.8 Å². The fourth-order valence-electron chi connectivity index (χ4n) is 3.07. The monoisotopic (exact) mass is 405 g/mol. The molecular formula is C22H19N3O3S. The van der Waals surface area contributed by atoms with Gasteiger partial charge < -0.3 is 4.52 Å². The minimum absolute atomic E-state index is 0.142. The number of primary sulfonamides is 1. The average molecular weight is 405 g/mol. The molecule has 0 bridgehead atoms. The molecule has 6 nitrogen and oxygen atoms in total. The minimum atomic E-state index is -3.76. The molecule has 0 radical (unpaired) electrons. The van der Waals surface area contributed by atoms with Gasteiger partial charge in [-0.25, -0.2) is 13.6 Å². The number of nitrogens with two attached hydrogens (primary N) is 1. The Morgan fingerprint density at radius 2 is 1.55 bits per heavy atom. The number of sulfonamides is 1. The summed E-state index contributed by atoms with van der Waals surface area (Å²) in [6.07, 6.45) is 0.450. The van der Waals surface area contributed by atoms with Gasteiger partial charge in [0.1, 0.15) is 0 Å². The predicted molar refractivity (Wildman–Crippen MR) is 111 cm³/mol. The van der Waals surface area contributed by atoms with Crippen molar-refractivity contribution in [2.75, 3.05) is 0 Å². The molecule has 2 N–H and O–H groups in total. The van der Waals surface area contributed by atoms with Crippen LogP contribution in [0.4, 0.5) is 0 Å². The van der Waals surface area contributed by atoms with Gasteiger partial charge in [0.25, 0.3) is 5.89 Å². The highest BCUT2D eigenvalue weighted by molar-refractivity contribution is 7.89. The Balaban J connectivity index is 1.56. The summed E-state index contributed by atoms with van der Waals surface area (Å²) in [4.78, 5) is 4.61. The van der Waals surface area contributed by atoms with Crippen LogP contribution in [-0.2, 0) is 16.4 Å². The van der Waals surface area contributed by atoms with Crippen LogP contribution in [0.25, 0.3) is 22.8 Å². The van der Waals surface area contributed by atoms with Crippen molar-refractivity contribution in [3.05, 3.63) is 89.5 Å². The van der Waals surface area contributed by atoms with Crippen LogP contribution in [0.2, 0.25) is 0 Å². The van der Waals surface area contributed by atoms with Gasteiger partial charge in [-0.2, -0.15) is 4.98 Å². The molecule has 1 aromatic heterocycles. The number of aryl methyl sites for hydroxylation is 1. The minimum Gasteiger partial charge on any atom is -0.334 e. The quantitative estimate of drug-likeness (QED) is 0.542. The fraction of sp³-hybridized carbons (Fsp3) is 0.0909. The smallest absolute Gasteiger partial charge is 0.258 e. The normalized spacial score (nSPS) is 11.5. The molecule has 0 aliphatic heterocycles. The summed E-state index contributed by atoms with van der Waals surface area (Å²) in [5.41, 5.74) is 4.45. The highest BCUT2D eigenvalue weighted by atomic mass is 32.2. The maximum atomic E-state index is 11.8. The number of rotatable bonds is 5. The summed E-state index contributed by atoms with van der Waals surface area (Å²) in [6.45, 7) is 2.02. The first kappa shape index (κ1) is 19.0. The molecule has 0 saturated heterocycles. The van der Waals surface area contributed by atoms with Crippen molar-refractivity contribution in [1.29, 1.82) is 0 Å². The van der Waals surface area contributed by atoms with Gasteiger partial charge in [-0.05, 0) is 42.7 Å². The molecule has 4 rings (SSSR count). The van der Waals surface area contributed by atoms with Gasteiger partial charge in [0.05, 0.1) is 4.90 Å². The van der Waals surface area contributed by atoms with Crippen molar-refractivity contribution in [3.63, 3.8) is 0 Å². The van der Waals surface area contributed by atoms with Crippen molar-refractivity contribution >= 4 is 10.0 Å². The molecule has 0 atom stereocenters. The number of aromatic nitrogens is 2. The molecule has 0 saturated carbocycles. The maximum absolute atomic E-state index is 11.8. The van der Waals surface area contributed by atoms with Gasteiger partial charge in [0, 0.05) is 11.1 Å². The summed E-state index contributed by atoms with van der Waals surface area (Å²) in [6, 6.07) is 22.2. The Hall–Kier alpha value is -3.29. The summed E-state index contributed by atoms with van der Waals surface area (Å²) < 4.78 is 28.9. The van der Waals surface area contributed by atoms with Crippen LogP contribution in [0.15, 0.2) is 82.2 Å². The van der Waals surface area contributed by atoms with Crippen LogP contribution in [0.3, 0.4) is 0 Å². The van der Waals surface area contributed by atoms with E-state index >= 15 is 0 Å². The van der Waals surface area contributed by atoms with Crippen LogP contribution >= 0.6 is 0 Å². The van der Waals surface area contributed by atoms with E-state index in [1.165, 1.54) is 6.07 Å². The van der Waals surface area contributed by atoms with E-state index in [2.05, 4.69) is 10.1 Å². The average Bonchev–Trinajstić information content (AvgIpc) is 3.19. The van der Waals surface area contributed by atoms with Gasteiger partial charge >= 0.3 is 0 Å². The molecule has 0 amide bonds. The maximum Gasteiger partial charge on any atom is 0.258 e. The second kappa shape index (κ2) is 7.62. The highest BCUT2D eigenvalue weighted by Crippen LogP contribution is 2.24. The first-order valence-electron chi connectivity index (χ1n) is 9.01. The Kier molecular flexibility index (Phi) is 5.00. The molecular weight excluding hydrogens is 386 g/mol. The summed E-state index contributed by atoms with van der Waals surface area (Å²) in [5, 5.41) is 9.37. The van der Waals surface area contributed by atoms with E-state index in [9.17, 15) is 8.42 Å². The summed E-state index contributed by atoms with van der Waals surface area (Å²) in [5.74, 6) is 0.961. The summed E-state index contributed by atoms with van der Waals surface area (Å²) >= 11 is 0. The van der Waals surface area contributed by atoms with Crippen LogP contribution in [0.1, 0.15) is 16.7 Å². The Morgan fingerprint density at radius 1 is 0.897 bits per heavy atom. The molecule has 0 aliphatic rings. The summed E-state index contributed by atoms with van der Waals surface area (Å²) in [7, 11) is -3.76.